The molecule has 0 radical (unpaired) electrons. The van der Waals surface area contributed by atoms with E-state index in [1.165, 1.54) is 19.4 Å². The van der Waals surface area contributed by atoms with Crippen molar-refractivity contribution in [3.63, 3.8) is 0 Å². The lowest BCUT2D eigenvalue weighted by Crippen LogP contribution is -2.62. The van der Waals surface area contributed by atoms with Crippen LogP contribution in [0.2, 0.25) is 0 Å². The first kappa shape index (κ1) is 16.1. The summed E-state index contributed by atoms with van der Waals surface area (Å²) < 4.78 is 0. The fourth-order valence-electron chi connectivity index (χ4n) is 5.99. The zero-order valence-corrected chi connectivity index (χ0v) is 15.2. The highest BCUT2D eigenvalue weighted by Crippen LogP contribution is 2.39. The monoisotopic (exact) mass is 345 g/mol. The average molecular weight is 345 g/mol. The van der Waals surface area contributed by atoms with Crippen LogP contribution in [0.25, 0.3) is 0 Å². The van der Waals surface area contributed by atoms with Gasteiger partial charge in [-0.3, -0.25) is 14.5 Å². The Morgan fingerprint density at radius 2 is 1.76 bits per heavy atom. The van der Waals surface area contributed by atoms with E-state index in [2.05, 4.69) is 14.7 Å². The summed E-state index contributed by atoms with van der Waals surface area (Å²) in [5.74, 6) is 2.54. The number of piperidine rings is 4. The summed E-state index contributed by atoms with van der Waals surface area (Å²) in [5, 5.41) is 0. The van der Waals surface area contributed by atoms with Crippen LogP contribution in [0.15, 0.2) is 0 Å². The molecule has 4 saturated heterocycles. The summed E-state index contributed by atoms with van der Waals surface area (Å²) in [7, 11) is 0. The molecule has 5 fully saturated rings. The molecule has 2 bridgehead atoms. The third-order valence-electron chi connectivity index (χ3n) is 7.43. The Balaban J connectivity index is 1.20. The van der Waals surface area contributed by atoms with Crippen LogP contribution < -0.4 is 0 Å². The minimum atomic E-state index is 0.362. The number of amides is 2. The molecule has 2 unspecified atom stereocenters. The molecule has 5 aliphatic rings. The summed E-state index contributed by atoms with van der Waals surface area (Å²) in [6.07, 6.45) is 8.91. The Bertz CT molecular complexity index is 553. The molecule has 1 saturated carbocycles. The Labute approximate surface area is 150 Å². The van der Waals surface area contributed by atoms with Crippen molar-refractivity contribution >= 4 is 11.8 Å². The molecule has 0 aromatic rings. The van der Waals surface area contributed by atoms with E-state index >= 15 is 0 Å². The maximum atomic E-state index is 12.3. The Morgan fingerprint density at radius 1 is 0.960 bits per heavy atom. The second kappa shape index (κ2) is 6.26. The van der Waals surface area contributed by atoms with Crippen LogP contribution in [-0.4, -0.2) is 71.3 Å². The first-order chi connectivity index (χ1) is 12.2. The largest absolute Gasteiger partial charge is 0.342 e. The van der Waals surface area contributed by atoms with E-state index in [-0.39, 0.29) is 0 Å². The fraction of sp³-hybridized carbons (Fsp3) is 0.900. The van der Waals surface area contributed by atoms with Crippen LogP contribution in [0, 0.1) is 17.8 Å². The molecular weight excluding hydrogens is 314 g/mol. The second-order valence-electron chi connectivity index (χ2n) is 9.15. The van der Waals surface area contributed by atoms with Crippen molar-refractivity contribution in [3.8, 4) is 0 Å². The normalized spacial score (nSPS) is 37.1. The van der Waals surface area contributed by atoms with E-state index < -0.39 is 0 Å². The topological polar surface area (TPSA) is 43.9 Å². The van der Waals surface area contributed by atoms with E-state index in [4.69, 9.17) is 0 Å². The molecule has 25 heavy (non-hydrogen) atoms. The van der Waals surface area contributed by atoms with E-state index in [0.717, 1.165) is 64.7 Å². The van der Waals surface area contributed by atoms with Crippen LogP contribution in [-0.2, 0) is 9.59 Å². The lowest BCUT2D eigenvalue weighted by molar-refractivity contribution is -0.146. The second-order valence-corrected chi connectivity index (χ2v) is 9.15. The first-order valence-electron chi connectivity index (χ1n) is 10.5. The maximum absolute atomic E-state index is 12.3. The molecule has 1 aliphatic carbocycles. The van der Waals surface area contributed by atoms with E-state index in [9.17, 15) is 9.59 Å². The van der Waals surface area contributed by atoms with Crippen molar-refractivity contribution in [2.24, 2.45) is 17.8 Å². The van der Waals surface area contributed by atoms with Gasteiger partial charge >= 0.3 is 0 Å². The number of carbonyl (C=O) groups is 2. The third kappa shape index (κ3) is 2.98. The van der Waals surface area contributed by atoms with Gasteiger partial charge in [0.25, 0.3) is 0 Å². The molecular formula is C20H31N3O2. The Hall–Kier alpha value is -1.10. The summed E-state index contributed by atoms with van der Waals surface area (Å²) in [6.45, 7) is 5.25. The number of carbonyl (C=O) groups excluding carboxylic acids is 2. The zero-order valence-electron chi connectivity index (χ0n) is 15.2. The molecule has 3 atom stereocenters. The van der Waals surface area contributed by atoms with Crippen LogP contribution in [0.3, 0.4) is 0 Å². The van der Waals surface area contributed by atoms with Gasteiger partial charge < -0.3 is 9.80 Å². The summed E-state index contributed by atoms with van der Waals surface area (Å²) in [4.78, 5) is 31.6. The smallest absolute Gasteiger partial charge is 0.225 e. The molecule has 5 nitrogen and oxygen atoms in total. The fourth-order valence-corrected chi connectivity index (χ4v) is 5.99. The highest BCUT2D eigenvalue weighted by atomic mass is 16.2. The number of rotatable bonds is 2. The molecule has 4 heterocycles. The van der Waals surface area contributed by atoms with Gasteiger partial charge in [-0.15, -0.1) is 0 Å². The summed E-state index contributed by atoms with van der Waals surface area (Å²) in [6, 6.07) is 1.16. The standard InChI is InChI=1S/C20H31N3O2/c24-19-3-1-2-18-16-10-14(12-23(18)19)11-22(13-16)17-6-8-21(9-7-17)20(25)15-4-5-15/h14-18H,1-13H2/t14?,16?,18-/m1/s1. The van der Waals surface area contributed by atoms with Crippen molar-refractivity contribution in [1.29, 1.82) is 0 Å². The van der Waals surface area contributed by atoms with E-state index in [1.54, 1.807) is 0 Å². The lowest BCUT2D eigenvalue weighted by Gasteiger charge is -2.54. The van der Waals surface area contributed by atoms with Gasteiger partial charge in [-0.05, 0) is 56.8 Å². The van der Waals surface area contributed by atoms with Crippen LogP contribution in [0.4, 0.5) is 0 Å². The van der Waals surface area contributed by atoms with Crippen molar-refractivity contribution in [1.82, 2.24) is 14.7 Å². The van der Waals surface area contributed by atoms with Gasteiger partial charge in [-0.1, -0.05) is 0 Å². The third-order valence-corrected chi connectivity index (χ3v) is 7.43. The molecule has 5 rings (SSSR count). The predicted octanol–water partition coefficient (Wildman–Crippen LogP) is 1.72. The Kier molecular flexibility index (Phi) is 4.03. The highest BCUT2D eigenvalue weighted by molar-refractivity contribution is 5.81. The van der Waals surface area contributed by atoms with E-state index in [1.807, 2.05) is 0 Å². The van der Waals surface area contributed by atoms with Crippen molar-refractivity contribution in [3.05, 3.63) is 0 Å². The van der Waals surface area contributed by atoms with Crippen molar-refractivity contribution < 1.29 is 9.59 Å². The van der Waals surface area contributed by atoms with Gasteiger partial charge in [0.2, 0.25) is 11.8 Å². The quantitative estimate of drug-likeness (QED) is 0.765. The summed E-state index contributed by atoms with van der Waals surface area (Å²) >= 11 is 0. The number of hydrogen-bond donors (Lipinski definition) is 0. The van der Waals surface area contributed by atoms with Crippen LogP contribution >= 0.6 is 0 Å². The molecule has 0 spiro atoms. The van der Waals surface area contributed by atoms with Crippen molar-refractivity contribution in [2.75, 3.05) is 32.7 Å². The number of fused-ring (bicyclic) bond motifs is 4. The maximum Gasteiger partial charge on any atom is 0.225 e. The van der Waals surface area contributed by atoms with Gasteiger partial charge in [0.15, 0.2) is 0 Å². The zero-order chi connectivity index (χ0) is 17.0. The number of likely N-dealkylation sites (tertiary alicyclic amines) is 2. The highest BCUT2D eigenvalue weighted by Gasteiger charge is 2.45. The van der Waals surface area contributed by atoms with Crippen LogP contribution in [0.5, 0.6) is 0 Å². The van der Waals surface area contributed by atoms with Crippen LogP contribution in [0.1, 0.15) is 51.4 Å². The molecule has 138 valence electrons. The number of hydrogen-bond acceptors (Lipinski definition) is 3. The Morgan fingerprint density at radius 3 is 2.52 bits per heavy atom. The average Bonchev–Trinajstić information content (AvgIpc) is 3.47. The molecule has 0 aromatic carbocycles. The molecule has 4 aliphatic heterocycles. The van der Waals surface area contributed by atoms with Gasteiger partial charge in [-0.2, -0.15) is 0 Å². The lowest BCUT2D eigenvalue weighted by atomic mass is 9.75. The summed E-state index contributed by atoms with van der Waals surface area (Å²) in [5.41, 5.74) is 0. The predicted molar refractivity (Wildman–Crippen MR) is 94.8 cm³/mol. The van der Waals surface area contributed by atoms with Gasteiger partial charge in [0, 0.05) is 57.1 Å². The van der Waals surface area contributed by atoms with Crippen molar-refractivity contribution in [2.45, 2.75) is 63.5 Å². The van der Waals surface area contributed by atoms with Gasteiger partial charge in [0.05, 0.1) is 0 Å². The minimum Gasteiger partial charge on any atom is -0.342 e. The SMILES string of the molecule is O=C(C1CC1)N1CCC(N2CC3CC(C2)[C@H]2CCCC(=O)N2C3)CC1. The molecule has 0 N–H and O–H groups in total. The first-order valence-corrected chi connectivity index (χ1v) is 10.5. The molecule has 5 heteroatoms. The van der Waals surface area contributed by atoms with Gasteiger partial charge in [0.1, 0.15) is 0 Å². The number of nitrogens with zero attached hydrogens (tertiary/aromatic N) is 3. The molecule has 2 amide bonds. The van der Waals surface area contributed by atoms with E-state index in [0.29, 0.717) is 41.7 Å². The minimum absolute atomic E-state index is 0.362. The van der Waals surface area contributed by atoms with Gasteiger partial charge in [-0.25, -0.2) is 0 Å². The molecule has 0 aromatic heterocycles.